The molecule has 0 aromatic carbocycles. The third-order valence-electron chi connectivity index (χ3n) is 1.33. The van der Waals surface area contributed by atoms with Gasteiger partial charge in [0, 0.05) is 12.1 Å². The van der Waals surface area contributed by atoms with Gasteiger partial charge >= 0.3 is 0 Å². The Labute approximate surface area is 53.5 Å². The quantitative estimate of drug-likeness (QED) is 0.470. The van der Waals surface area contributed by atoms with E-state index in [9.17, 15) is 0 Å². The van der Waals surface area contributed by atoms with Gasteiger partial charge in [-0.3, -0.25) is 0 Å². The first-order valence-corrected chi connectivity index (χ1v) is 3.18. The third-order valence-corrected chi connectivity index (χ3v) is 1.33. The molecule has 0 aromatic heterocycles. The van der Waals surface area contributed by atoms with Crippen LogP contribution in [-0.4, -0.2) is 20.1 Å². The molecule has 0 unspecified atom stereocenters. The molecule has 3 radical (unpaired) electrons. The van der Waals surface area contributed by atoms with Crippen LogP contribution in [0.1, 0.15) is 27.7 Å². The molecule has 0 spiro atoms. The smallest absolute Gasteiger partial charge is 0.0357 e. The van der Waals surface area contributed by atoms with Gasteiger partial charge in [0.1, 0.15) is 0 Å². The highest BCUT2D eigenvalue weighted by atomic mass is 15.1. The summed E-state index contributed by atoms with van der Waals surface area (Å²) in [4.78, 5) is 1.10. The molecule has 2 heteroatoms. The largest absolute Gasteiger partial charge is 0.594 e. The molecule has 0 fully saturated rings. The fraction of sp³-hybridized carbons (Fsp3) is 1.00. The summed E-state index contributed by atoms with van der Waals surface area (Å²) in [6.45, 7) is 8.48. The molecule has 0 aliphatic heterocycles. The van der Waals surface area contributed by atoms with Gasteiger partial charge in [0.05, 0.1) is 0 Å². The van der Waals surface area contributed by atoms with Gasteiger partial charge in [-0.25, -0.2) is 7.98 Å². The lowest BCUT2D eigenvalue weighted by Gasteiger charge is -2.36. The van der Waals surface area contributed by atoms with Gasteiger partial charge < -0.3 is 4.81 Å². The minimum atomic E-state index is 0.537. The highest BCUT2D eigenvalue weighted by molar-refractivity contribution is 5.95. The zero-order chi connectivity index (χ0) is 6.73. The predicted molar refractivity (Wildman–Crippen MR) is 37.0 cm³/mol. The molecule has 0 aliphatic rings. The molecule has 0 bridgehead atoms. The van der Waals surface area contributed by atoms with Gasteiger partial charge in [0.25, 0.3) is 0 Å². The first-order valence-electron chi connectivity index (χ1n) is 3.18. The number of rotatable bonds is 2. The van der Waals surface area contributed by atoms with Gasteiger partial charge in [-0.15, -0.1) is 0 Å². The Morgan fingerprint density at radius 3 is 1.25 bits per heavy atom. The van der Waals surface area contributed by atoms with E-state index in [0.29, 0.717) is 12.1 Å². The normalized spacial score (nSPS) is 12.0. The van der Waals surface area contributed by atoms with Gasteiger partial charge in [-0.05, 0) is 27.7 Å². The fourth-order valence-electron chi connectivity index (χ4n) is 0.667. The molecule has 0 saturated heterocycles. The van der Waals surface area contributed by atoms with Crippen molar-refractivity contribution < 1.29 is 4.81 Å². The van der Waals surface area contributed by atoms with Crippen LogP contribution in [-0.2, 0) is 0 Å². The van der Waals surface area contributed by atoms with E-state index in [1.165, 1.54) is 0 Å². The Morgan fingerprint density at radius 1 is 1.00 bits per heavy atom. The SMILES string of the molecule is [B-][NH+](C(C)C)C(C)C. The summed E-state index contributed by atoms with van der Waals surface area (Å²) in [5.74, 6) is 0. The first-order chi connectivity index (χ1) is 3.55. The maximum Gasteiger partial charge on any atom is 0.0357 e. The van der Waals surface area contributed by atoms with Crippen molar-refractivity contribution in [1.29, 1.82) is 0 Å². The second kappa shape index (κ2) is 3.13. The number of quaternary nitrogens is 1. The number of nitrogens with one attached hydrogen (secondary N) is 1. The highest BCUT2D eigenvalue weighted by Crippen LogP contribution is 1.71. The van der Waals surface area contributed by atoms with E-state index in [2.05, 4.69) is 27.7 Å². The molecule has 0 saturated carbocycles. The summed E-state index contributed by atoms with van der Waals surface area (Å²) < 4.78 is 0. The molecule has 0 aliphatic carbocycles. The molecule has 0 rings (SSSR count). The average molecular weight is 112 g/mol. The summed E-state index contributed by atoms with van der Waals surface area (Å²) in [5.41, 5.74) is 0. The zero-order valence-electron chi connectivity index (χ0n) is 6.23. The Morgan fingerprint density at radius 2 is 1.25 bits per heavy atom. The van der Waals surface area contributed by atoms with Crippen molar-refractivity contribution in [1.82, 2.24) is 0 Å². The van der Waals surface area contributed by atoms with Crippen LogP contribution in [0.25, 0.3) is 0 Å². The Balaban J connectivity index is 3.46. The van der Waals surface area contributed by atoms with Crippen molar-refractivity contribution in [2.24, 2.45) is 0 Å². The Kier molecular flexibility index (Phi) is 3.14. The molecule has 0 aromatic rings. The molecule has 1 nitrogen and oxygen atoms in total. The standard InChI is InChI=1S/C6H15BN/c1-5(2)8(7)6(3)4/h5-6,8H,1-4H3. The molecule has 0 amide bonds. The van der Waals surface area contributed by atoms with Crippen molar-refractivity contribution in [3.63, 3.8) is 0 Å². The van der Waals surface area contributed by atoms with Gasteiger partial charge in [-0.2, -0.15) is 0 Å². The van der Waals surface area contributed by atoms with E-state index in [4.69, 9.17) is 7.98 Å². The van der Waals surface area contributed by atoms with Gasteiger partial charge in [-0.1, -0.05) is 0 Å². The van der Waals surface area contributed by atoms with Crippen LogP contribution in [0.5, 0.6) is 0 Å². The van der Waals surface area contributed by atoms with E-state index < -0.39 is 0 Å². The maximum absolute atomic E-state index is 5.68. The van der Waals surface area contributed by atoms with Crippen LogP contribution in [0.4, 0.5) is 0 Å². The number of hydrogen-bond acceptors (Lipinski definition) is 0. The lowest BCUT2D eigenvalue weighted by molar-refractivity contribution is -0.827. The molecular weight excluding hydrogens is 96.9 g/mol. The van der Waals surface area contributed by atoms with Crippen molar-refractivity contribution in [3.8, 4) is 0 Å². The van der Waals surface area contributed by atoms with Crippen molar-refractivity contribution in [2.75, 3.05) is 0 Å². The fourth-order valence-corrected chi connectivity index (χ4v) is 0.667. The molecule has 0 heterocycles. The van der Waals surface area contributed by atoms with Crippen LogP contribution < -0.4 is 4.81 Å². The summed E-state index contributed by atoms with van der Waals surface area (Å²) in [6, 6.07) is 1.07. The zero-order valence-corrected chi connectivity index (χ0v) is 6.23. The lowest BCUT2D eigenvalue weighted by atomic mass is 10.1. The van der Waals surface area contributed by atoms with Gasteiger partial charge in [0.15, 0.2) is 0 Å². The van der Waals surface area contributed by atoms with Crippen LogP contribution in [0.15, 0.2) is 0 Å². The predicted octanol–water partition coefficient (Wildman–Crippen LogP) is -0.228. The van der Waals surface area contributed by atoms with Crippen LogP contribution in [0, 0.1) is 0 Å². The topological polar surface area (TPSA) is 4.44 Å². The van der Waals surface area contributed by atoms with Crippen molar-refractivity contribution in [2.45, 2.75) is 39.8 Å². The highest BCUT2D eigenvalue weighted by Gasteiger charge is 1.98. The van der Waals surface area contributed by atoms with E-state index in [-0.39, 0.29) is 0 Å². The van der Waals surface area contributed by atoms with Crippen LogP contribution in [0.2, 0.25) is 0 Å². The summed E-state index contributed by atoms with van der Waals surface area (Å²) in [5, 5.41) is 0. The molecule has 0 atom stereocenters. The van der Waals surface area contributed by atoms with Crippen molar-refractivity contribution >= 4 is 7.98 Å². The molecule has 1 N–H and O–H groups in total. The summed E-state index contributed by atoms with van der Waals surface area (Å²) >= 11 is 0. The Bertz CT molecular complexity index is 53.5. The van der Waals surface area contributed by atoms with E-state index in [1.54, 1.807) is 0 Å². The maximum atomic E-state index is 5.68. The number of hydrogen-bond donors (Lipinski definition) is 1. The Hall–Kier alpha value is 0.0249. The first kappa shape index (κ1) is 8.02. The second-order valence-electron chi connectivity index (χ2n) is 2.81. The van der Waals surface area contributed by atoms with Crippen LogP contribution in [0.3, 0.4) is 0 Å². The monoisotopic (exact) mass is 112 g/mol. The summed E-state index contributed by atoms with van der Waals surface area (Å²) in [6.07, 6.45) is 0. The minimum absolute atomic E-state index is 0.537. The minimum Gasteiger partial charge on any atom is -0.594 e. The van der Waals surface area contributed by atoms with E-state index in [0.717, 1.165) is 4.81 Å². The van der Waals surface area contributed by atoms with Crippen LogP contribution >= 0.6 is 0 Å². The lowest BCUT2D eigenvalue weighted by Crippen LogP contribution is -3.16. The second-order valence-corrected chi connectivity index (χ2v) is 2.81. The summed E-state index contributed by atoms with van der Waals surface area (Å²) in [7, 11) is 5.68. The van der Waals surface area contributed by atoms with E-state index >= 15 is 0 Å². The molecule has 47 valence electrons. The van der Waals surface area contributed by atoms with Crippen molar-refractivity contribution in [3.05, 3.63) is 0 Å². The van der Waals surface area contributed by atoms with E-state index in [1.807, 2.05) is 0 Å². The molecule has 8 heavy (non-hydrogen) atoms. The third kappa shape index (κ3) is 2.36. The molecular formula is C6H15BN. The van der Waals surface area contributed by atoms with Gasteiger partial charge in [0.2, 0.25) is 0 Å². The average Bonchev–Trinajstić information content (AvgIpc) is 1.64.